The Kier molecular flexibility index (Phi) is 2.24. The average Bonchev–Trinajstić information content (AvgIpc) is 2.93. The molecule has 0 fully saturated rings. The first-order valence-electron chi connectivity index (χ1n) is 5.16. The molecule has 7 heteroatoms. The molecule has 0 spiro atoms. The third-order valence-electron chi connectivity index (χ3n) is 2.71. The summed E-state index contributed by atoms with van der Waals surface area (Å²) in [5.74, 6) is -0.534. The molecule has 1 aromatic carbocycles. The molecule has 0 aliphatic carbocycles. The standard InChI is InChI=1S/C11H8N2O4S/c14-11-9-3-1-2-4-10(9)18(15,16)13(11)7-8-5-6-17-12-8/h1-6H,7H2. The van der Waals surface area contributed by atoms with E-state index in [1.165, 1.54) is 24.5 Å². The van der Waals surface area contributed by atoms with Gasteiger partial charge in [0.1, 0.15) is 16.9 Å². The zero-order valence-corrected chi connectivity index (χ0v) is 9.92. The summed E-state index contributed by atoms with van der Waals surface area (Å²) >= 11 is 0. The van der Waals surface area contributed by atoms with Crippen molar-refractivity contribution in [1.29, 1.82) is 0 Å². The molecule has 92 valence electrons. The largest absolute Gasteiger partial charge is 0.364 e. The lowest BCUT2D eigenvalue weighted by Gasteiger charge is -2.12. The van der Waals surface area contributed by atoms with Crippen molar-refractivity contribution in [3.63, 3.8) is 0 Å². The molecule has 0 saturated carbocycles. The van der Waals surface area contributed by atoms with Crippen LogP contribution in [0.1, 0.15) is 16.1 Å². The van der Waals surface area contributed by atoms with E-state index < -0.39 is 15.9 Å². The molecule has 2 aromatic rings. The molecule has 1 aliphatic rings. The average molecular weight is 264 g/mol. The maximum Gasteiger partial charge on any atom is 0.269 e. The fraction of sp³-hybridized carbons (Fsp3) is 0.0909. The van der Waals surface area contributed by atoms with Gasteiger partial charge in [-0.25, -0.2) is 12.7 Å². The topological polar surface area (TPSA) is 80.5 Å². The Labute approximate surface area is 103 Å². The van der Waals surface area contributed by atoms with E-state index in [1.54, 1.807) is 12.1 Å². The lowest BCUT2D eigenvalue weighted by atomic mass is 10.2. The predicted octanol–water partition coefficient (Wildman–Crippen LogP) is 1.02. The van der Waals surface area contributed by atoms with Crippen LogP contribution in [0.15, 0.2) is 46.0 Å². The summed E-state index contributed by atoms with van der Waals surface area (Å²) in [4.78, 5) is 12.1. The van der Waals surface area contributed by atoms with Gasteiger partial charge in [0, 0.05) is 6.07 Å². The summed E-state index contributed by atoms with van der Waals surface area (Å²) in [6.45, 7) is -0.119. The van der Waals surface area contributed by atoms with E-state index in [9.17, 15) is 13.2 Å². The van der Waals surface area contributed by atoms with Crippen molar-refractivity contribution in [2.45, 2.75) is 11.4 Å². The fourth-order valence-electron chi connectivity index (χ4n) is 1.85. The normalized spacial score (nSPS) is 16.9. The Morgan fingerprint density at radius 2 is 2.00 bits per heavy atom. The first kappa shape index (κ1) is 11.0. The zero-order valence-electron chi connectivity index (χ0n) is 9.11. The van der Waals surface area contributed by atoms with Crippen LogP contribution in [-0.4, -0.2) is 23.8 Å². The minimum atomic E-state index is -3.77. The molecule has 6 nitrogen and oxygen atoms in total. The van der Waals surface area contributed by atoms with Gasteiger partial charge in [0.15, 0.2) is 0 Å². The van der Waals surface area contributed by atoms with E-state index in [-0.39, 0.29) is 17.0 Å². The van der Waals surface area contributed by atoms with Crippen molar-refractivity contribution >= 4 is 15.9 Å². The van der Waals surface area contributed by atoms with Gasteiger partial charge in [-0.15, -0.1) is 0 Å². The number of hydrogen-bond acceptors (Lipinski definition) is 5. The van der Waals surface area contributed by atoms with Crippen LogP contribution in [0.5, 0.6) is 0 Å². The smallest absolute Gasteiger partial charge is 0.269 e. The van der Waals surface area contributed by atoms with Crippen molar-refractivity contribution in [3.05, 3.63) is 47.9 Å². The summed E-state index contributed by atoms with van der Waals surface area (Å²) in [5.41, 5.74) is 0.584. The molecule has 1 aromatic heterocycles. The monoisotopic (exact) mass is 264 g/mol. The molecule has 0 N–H and O–H groups in total. The van der Waals surface area contributed by atoms with Crippen molar-refractivity contribution in [3.8, 4) is 0 Å². The summed E-state index contributed by atoms with van der Waals surface area (Å²) in [7, 11) is -3.77. The van der Waals surface area contributed by atoms with Crippen LogP contribution in [0, 0.1) is 0 Å². The number of benzene rings is 1. The highest BCUT2D eigenvalue weighted by Gasteiger charge is 2.41. The number of aromatic nitrogens is 1. The number of carbonyl (C=O) groups is 1. The molecular weight excluding hydrogens is 256 g/mol. The number of rotatable bonds is 2. The van der Waals surface area contributed by atoms with Gasteiger partial charge in [-0.2, -0.15) is 0 Å². The first-order valence-corrected chi connectivity index (χ1v) is 6.60. The molecule has 1 aliphatic heterocycles. The zero-order chi connectivity index (χ0) is 12.8. The second kappa shape index (κ2) is 3.67. The molecule has 3 rings (SSSR count). The molecule has 0 radical (unpaired) electrons. The van der Waals surface area contributed by atoms with E-state index in [1.807, 2.05) is 0 Å². The Morgan fingerprint density at radius 1 is 1.22 bits per heavy atom. The number of carbonyl (C=O) groups excluding carboxylic acids is 1. The fourth-order valence-corrected chi connectivity index (χ4v) is 3.39. The van der Waals surface area contributed by atoms with Gasteiger partial charge in [-0.1, -0.05) is 17.3 Å². The molecule has 2 heterocycles. The summed E-state index contributed by atoms with van der Waals surface area (Å²) in [5, 5.41) is 3.61. The Balaban J connectivity index is 2.07. The lowest BCUT2D eigenvalue weighted by Crippen LogP contribution is -2.29. The van der Waals surface area contributed by atoms with Crippen LogP contribution in [0.3, 0.4) is 0 Å². The Morgan fingerprint density at radius 3 is 2.67 bits per heavy atom. The number of nitrogens with zero attached hydrogens (tertiary/aromatic N) is 2. The maximum atomic E-state index is 12.2. The molecule has 1 amide bonds. The highest BCUT2D eigenvalue weighted by Crippen LogP contribution is 2.30. The van der Waals surface area contributed by atoms with E-state index in [0.717, 1.165) is 4.31 Å². The number of hydrogen-bond donors (Lipinski definition) is 0. The maximum absolute atomic E-state index is 12.2. The van der Waals surface area contributed by atoms with Crippen molar-refractivity contribution in [2.75, 3.05) is 0 Å². The van der Waals surface area contributed by atoms with Gasteiger partial charge in [0.25, 0.3) is 15.9 Å². The predicted molar refractivity (Wildman–Crippen MR) is 60.0 cm³/mol. The summed E-state index contributed by atoms with van der Waals surface area (Å²) < 4.78 is 29.8. The molecule has 0 saturated heterocycles. The number of fused-ring (bicyclic) bond motifs is 1. The van der Waals surface area contributed by atoms with Crippen LogP contribution >= 0.6 is 0 Å². The minimum Gasteiger partial charge on any atom is -0.364 e. The quantitative estimate of drug-likeness (QED) is 0.809. The van der Waals surface area contributed by atoms with Crippen molar-refractivity contribution < 1.29 is 17.7 Å². The van der Waals surface area contributed by atoms with Gasteiger partial charge >= 0.3 is 0 Å². The van der Waals surface area contributed by atoms with Crippen LogP contribution in [-0.2, 0) is 16.6 Å². The van der Waals surface area contributed by atoms with E-state index >= 15 is 0 Å². The molecule has 0 unspecified atom stereocenters. The van der Waals surface area contributed by atoms with E-state index in [0.29, 0.717) is 5.69 Å². The molecule has 18 heavy (non-hydrogen) atoms. The second-order valence-corrected chi connectivity index (χ2v) is 5.63. The number of sulfonamides is 1. The SMILES string of the molecule is O=C1c2ccccc2S(=O)(=O)N1Cc1ccon1. The number of amides is 1. The van der Waals surface area contributed by atoms with Gasteiger partial charge in [-0.3, -0.25) is 4.79 Å². The van der Waals surface area contributed by atoms with Crippen LogP contribution in [0.2, 0.25) is 0 Å². The van der Waals surface area contributed by atoms with Gasteiger partial charge in [0.2, 0.25) is 0 Å². The van der Waals surface area contributed by atoms with Gasteiger partial charge in [0.05, 0.1) is 12.1 Å². The van der Waals surface area contributed by atoms with Gasteiger partial charge in [-0.05, 0) is 12.1 Å². The summed E-state index contributed by atoms with van der Waals surface area (Å²) in [6, 6.07) is 7.66. The first-order chi connectivity index (χ1) is 8.60. The third-order valence-corrected chi connectivity index (χ3v) is 4.50. The Bertz CT molecular complexity index is 706. The van der Waals surface area contributed by atoms with Crippen LogP contribution in [0.25, 0.3) is 0 Å². The van der Waals surface area contributed by atoms with Crippen molar-refractivity contribution in [1.82, 2.24) is 9.46 Å². The minimum absolute atomic E-state index is 0.0403. The highest BCUT2D eigenvalue weighted by atomic mass is 32.2. The summed E-state index contributed by atoms with van der Waals surface area (Å²) in [6.07, 6.45) is 1.33. The Hall–Kier alpha value is -2.15. The third kappa shape index (κ3) is 1.44. The van der Waals surface area contributed by atoms with Crippen LogP contribution in [0.4, 0.5) is 0 Å². The van der Waals surface area contributed by atoms with Gasteiger partial charge < -0.3 is 4.52 Å². The molecule has 0 bridgehead atoms. The molecule has 0 atom stereocenters. The molecular formula is C11H8N2O4S. The van der Waals surface area contributed by atoms with E-state index in [4.69, 9.17) is 0 Å². The van der Waals surface area contributed by atoms with Crippen molar-refractivity contribution in [2.24, 2.45) is 0 Å². The van der Waals surface area contributed by atoms with E-state index in [2.05, 4.69) is 9.68 Å². The van der Waals surface area contributed by atoms with Crippen LogP contribution < -0.4 is 0 Å². The lowest BCUT2D eigenvalue weighted by molar-refractivity contribution is 0.0863. The highest BCUT2D eigenvalue weighted by molar-refractivity contribution is 7.90. The second-order valence-electron chi connectivity index (χ2n) is 3.80.